The summed E-state index contributed by atoms with van der Waals surface area (Å²) in [6, 6.07) is 10.7. The van der Waals surface area contributed by atoms with Crippen LogP contribution in [0.2, 0.25) is 54.4 Å². The smallest absolute Gasteiger partial charge is 0.250 e. The summed E-state index contributed by atoms with van der Waals surface area (Å²) in [7, 11) is -2.84. The first-order valence-corrected chi connectivity index (χ1v) is 26.0. The largest absolute Gasteiger partial charge is 0.541 e. The van der Waals surface area contributed by atoms with E-state index in [4.69, 9.17) is 22.8 Å². The minimum atomic E-state index is -2.17. The maximum Gasteiger partial charge on any atom is 0.250 e. The lowest BCUT2D eigenvalue weighted by atomic mass is 9.67. The zero-order valence-corrected chi connectivity index (χ0v) is 35.7. The van der Waals surface area contributed by atoms with Gasteiger partial charge in [0.1, 0.15) is 11.5 Å². The van der Waals surface area contributed by atoms with Crippen molar-refractivity contribution in [1.29, 1.82) is 0 Å². The summed E-state index contributed by atoms with van der Waals surface area (Å²) >= 11 is 0. The Kier molecular flexibility index (Phi) is 11.7. The number of benzene rings is 2. The minimum Gasteiger partial charge on any atom is -0.541 e. The van der Waals surface area contributed by atoms with Gasteiger partial charge in [0, 0.05) is 19.1 Å². The third-order valence-corrected chi connectivity index (χ3v) is 25.0. The summed E-state index contributed by atoms with van der Waals surface area (Å²) in [5.74, 6) is 3.00. The van der Waals surface area contributed by atoms with Gasteiger partial charge in [-0.3, -0.25) is 0 Å². The van der Waals surface area contributed by atoms with Crippen LogP contribution in [0, 0.1) is 11.8 Å². The lowest BCUT2D eigenvalue weighted by Gasteiger charge is -2.43. The van der Waals surface area contributed by atoms with Crippen LogP contribution in [0.1, 0.15) is 84.9 Å². The van der Waals surface area contributed by atoms with E-state index < -0.39 is 25.0 Å². The van der Waals surface area contributed by atoms with Crippen LogP contribution in [0.15, 0.2) is 30.3 Å². The Labute approximate surface area is 290 Å². The summed E-state index contributed by atoms with van der Waals surface area (Å²) in [5, 5.41) is 11.3. The molecule has 1 aliphatic rings. The van der Waals surface area contributed by atoms with E-state index >= 15 is 0 Å². The van der Waals surface area contributed by atoms with Gasteiger partial charge >= 0.3 is 0 Å². The summed E-state index contributed by atoms with van der Waals surface area (Å²) in [4.78, 5) is 0. The van der Waals surface area contributed by atoms with Gasteiger partial charge in [-0.25, -0.2) is 0 Å². The van der Waals surface area contributed by atoms with E-state index in [0.717, 1.165) is 35.0 Å². The van der Waals surface area contributed by atoms with Gasteiger partial charge in [-0.15, -0.1) is 0 Å². The highest BCUT2D eigenvalue weighted by atomic mass is 28.4. The maximum atomic E-state index is 11.2. The molecule has 0 bridgehead atoms. The molecule has 0 unspecified atom stereocenters. The molecule has 6 nitrogen and oxygen atoms in total. The van der Waals surface area contributed by atoms with Gasteiger partial charge in [0.25, 0.3) is 16.6 Å². The molecule has 47 heavy (non-hydrogen) atoms. The lowest BCUT2D eigenvalue weighted by Crippen LogP contribution is -2.45. The second kappa shape index (κ2) is 13.8. The topological polar surface area (TPSA) is 66.4 Å². The van der Waals surface area contributed by atoms with Crippen LogP contribution < -0.4 is 18.3 Å². The molecule has 3 atom stereocenters. The molecule has 0 amide bonds. The Hall–Kier alpha value is -1.79. The molecule has 0 aromatic heterocycles. The normalized spacial score (nSPS) is 19.7. The van der Waals surface area contributed by atoms with Crippen LogP contribution in [0.5, 0.6) is 23.0 Å². The summed E-state index contributed by atoms with van der Waals surface area (Å²) in [6.45, 7) is 34.6. The summed E-state index contributed by atoms with van der Waals surface area (Å²) in [6.07, 6.45) is 0.798. The van der Waals surface area contributed by atoms with Crippen molar-refractivity contribution in [2.45, 2.75) is 129 Å². The molecular formula is C38H66O6Si3. The fraction of sp³-hybridized carbons (Fsp3) is 0.684. The van der Waals surface area contributed by atoms with Gasteiger partial charge in [0.15, 0.2) is 19.8 Å². The van der Waals surface area contributed by atoms with Gasteiger partial charge in [-0.05, 0) is 114 Å². The highest BCUT2D eigenvalue weighted by Gasteiger charge is 2.44. The first-order valence-electron chi connectivity index (χ1n) is 17.3. The van der Waals surface area contributed by atoms with E-state index in [9.17, 15) is 5.11 Å². The molecule has 0 radical (unpaired) electrons. The summed E-state index contributed by atoms with van der Waals surface area (Å²) in [5.41, 5.74) is 3.47. The second-order valence-corrected chi connectivity index (χ2v) is 32.5. The number of aliphatic hydroxyl groups is 1. The molecule has 9 heteroatoms. The monoisotopic (exact) mass is 702 g/mol. The fourth-order valence-electron chi connectivity index (χ4n) is 5.47. The third kappa shape index (κ3) is 8.51. The van der Waals surface area contributed by atoms with Crippen molar-refractivity contribution in [2.24, 2.45) is 11.8 Å². The summed E-state index contributed by atoms with van der Waals surface area (Å²) < 4.78 is 32.4. The Balaban J connectivity index is 2.22. The molecule has 3 rings (SSSR count). The molecule has 0 fully saturated rings. The molecule has 266 valence electrons. The van der Waals surface area contributed by atoms with Crippen molar-refractivity contribution < 1.29 is 27.9 Å². The van der Waals surface area contributed by atoms with Crippen LogP contribution in [0.25, 0.3) is 0 Å². The van der Waals surface area contributed by atoms with Gasteiger partial charge in [-0.2, -0.15) is 0 Å². The molecular weight excluding hydrogens is 637 g/mol. The Morgan fingerprint density at radius 1 is 0.660 bits per heavy atom. The average Bonchev–Trinajstić information content (AvgIpc) is 2.93. The molecule has 1 N–H and O–H groups in total. The number of rotatable bonds is 11. The van der Waals surface area contributed by atoms with E-state index in [1.165, 1.54) is 11.1 Å². The number of hydrogen-bond acceptors (Lipinski definition) is 6. The lowest BCUT2D eigenvalue weighted by molar-refractivity contribution is 0.104. The zero-order chi connectivity index (χ0) is 36.0. The molecule has 2 aromatic carbocycles. The van der Waals surface area contributed by atoms with Crippen LogP contribution >= 0.6 is 0 Å². The van der Waals surface area contributed by atoms with E-state index in [1.54, 1.807) is 14.2 Å². The number of fused-ring (bicyclic) bond motifs is 1. The van der Waals surface area contributed by atoms with Crippen LogP contribution in [-0.4, -0.2) is 57.5 Å². The Bertz CT molecular complexity index is 1380. The highest BCUT2D eigenvalue weighted by Crippen LogP contribution is 2.51. The predicted octanol–water partition coefficient (Wildman–Crippen LogP) is 10.4. The average molecular weight is 703 g/mol. The maximum absolute atomic E-state index is 11.2. The minimum absolute atomic E-state index is 0.0282. The van der Waals surface area contributed by atoms with Crippen LogP contribution in [0.4, 0.5) is 0 Å². The number of hydrogen-bond donors (Lipinski definition) is 1. The van der Waals surface area contributed by atoms with E-state index in [1.807, 2.05) is 0 Å². The Morgan fingerprint density at radius 2 is 1.15 bits per heavy atom. The quantitative estimate of drug-likeness (QED) is 0.235. The van der Waals surface area contributed by atoms with Crippen molar-refractivity contribution in [2.75, 3.05) is 27.4 Å². The number of methoxy groups -OCH3 is 2. The van der Waals surface area contributed by atoms with Gasteiger partial charge in [0.2, 0.25) is 0 Å². The fourth-order valence-corrected chi connectivity index (χ4v) is 8.58. The number of ether oxygens (including phenoxy) is 2. The van der Waals surface area contributed by atoms with E-state index in [-0.39, 0.29) is 39.5 Å². The van der Waals surface area contributed by atoms with Gasteiger partial charge < -0.3 is 27.9 Å². The van der Waals surface area contributed by atoms with Crippen LogP contribution in [0.3, 0.4) is 0 Å². The molecule has 0 saturated heterocycles. The van der Waals surface area contributed by atoms with E-state index in [0.29, 0.717) is 6.61 Å². The first-order chi connectivity index (χ1) is 21.3. The van der Waals surface area contributed by atoms with Crippen molar-refractivity contribution >= 4 is 25.0 Å². The highest BCUT2D eigenvalue weighted by molar-refractivity contribution is 6.75. The second-order valence-electron chi connectivity index (χ2n) is 18.2. The predicted molar refractivity (Wildman–Crippen MR) is 204 cm³/mol. The van der Waals surface area contributed by atoms with Crippen molar-refractivity contribution in [3.05, 3.63) is 47.0 Å². The van der Waals surface area contributed by atoms with Gasteiger partial charge in [0.05, 0.1) is 14.2 Å². The molecule has 0 heterocycles. The van der Waals surface area contributed by atoms with Gasteiger partial charge in [-0.1, -0.05) is 68.4 Å². The molecule has 2 aromatic rings. The van der Waals surface area contributed by atoms with Crippen molar-refractivity contribution in [1.82, 2.24) is 0 Å². The third-order valence-electron chi connectivity index (χ3n) is 11.8. The molecule has 0 aliphatic heterocycles. The molecule has 0 spiro atoms. The van der Waals surface area contributed by atoms with Crippen molar-refractivity contribution in [3.63, 3.8) is 0 Å². The molecule has 0 saturated carbocycles. The Morgan fingerprint density at radius 3 is 1.62 bits per heavy atom. The SMILES string of the molecule is COc1cc([C@H]2c3cc(O[Si](C)(C)C(C)(C)C)c(OC)cc3C[C@@H](CO[Si](C)(C)C(C)(C)C)[C@@H]2CO)ccc1O[Si](C)(C)C(C)(C)C. The standard InChI is InChI=1S/C38H66O6Si3/c1-36(2,3)45(12,13)42-25-28-20-27-22-33(41-11)34(44-47(16,17)38(7,8)9)23-29(27)35(30(28)24-39)26-18-19-31(32(21-26)40-10)43-46(14,15)37(4,5)6/h18-19,21-23,28,30,35,39H,20,24-25H2,1-17H3/t28-,30-,35-/m0/s1. The van der Waals surface area contributed by atoms with E-state index in [2.05, 4.69) is 132 Å². The zero-order valence-electron chi connectivity index (χ0n) is 32.7. The van der Waals surface area contributed by atoms with Crippen molar-refractivity contribution in [3.8, 4) is 23.0 Å². The number of aliphatic hydroxyl groups excluding tert-OH is 1. The van der Waals surface area contributed by atoms with Crippen LogP contribution in [-0.2, 0) is 10.8 Å². The first kappa shape index (κ1) is 39.6. The molecule has 1 aliphatic carbocycles.